The minimum Gasteiger partial charge on any atom is -0.497 e. The summed E-state index contributed by atoms with van der Waals surface area (Å²) in [5.41, 5.74) is 2.75. The summed E-state index contributed by atoms with van der Waals surface area (Å²) < 4.78 is 5.24. The van der Waals surface area contributed by atoms with E-state index in [4.69, 9.17) is 4.74 Å². The molecule has 1 aliphatic rings. The fourth-order valence-electron chi connectivity index (χ4n) is 3.34. The van der Waals surface area contributed by atoms with Gasteiger partial charge in [0.15, 0.2) is 0 Å². The van der Waals surface area contributed by atoms with Gasteiger partial charge in [-0.3, -0.25) is 4.98 Å². The second-order valence-electron chi connectivity index (χ2n) is 6.26. The fourth-order valence-corrected chi connectivity index (χ4v) is 3.34. The van der Waals surface area contributed by atoms with Crippen LogP contribution in [0.4, 0.5) is 0 Å². The number of benzene rings is 1. The van der Waals surface area contributed by atoms with Gasteiger partial charge >= 0.3 is 0 Å². The topological polar surface area (TPSA) is 34.1 Å². The van der Waals surface area contributed by atoms with Gasteiger partial charge in [-0.05, 0) is 55.7 Å². The lowest BCUT2D eigenvalue weighted by atomic mass is 9.83. The molecule has 2 atom stereocenters. The highest BCUT2D eigenvalue weighted by Gasteiger charge is 2.40. The first-order chi connectivity index (χ1) is 10.1. The molecule has 0 aliphatic carbocycles. The summed E-state index contributed by atoms with van der Waals surface area (Å²) in [4.78, 5) is 4.13. The van der Waals surface area contributed by atoms with E-state index in [9.17, 15) is 0 Å². The van der Waals surface area contributed by atoms with Gasteiger partial charge in [0.25, 0.3) is 0 Å². The Morgan fingerprint density at radius 2 is 1.71 bits per heavy atom. The molecule has 1 N–H and O–H groups in total. The first kappa shape index (κ1) is 14.1. The highest BCUT2D eigenvalue weighted by Crippen LogP contribution is 2.43. The lowest BCUT2D eigenvalue weighted by Crippen LogP contribution is -2.37. The Morgan fingerprint density at radius 3 is 2.33 bits per heavy atom. The van der Waals surface area contributed by atoms with Crippen LogP contribution in [0, 0.1) is 0 Å². The van der Waals surface area contributed by atoms with Crippen LogP contribution in [0.2, 0.25) is 0 Å². The van der Waals surface area contributed by atoms with Crippen LogP contribution in [0.3, 0.4) is 0 Å². The van der Waals surface area contributed by atoms with E-state index in [0.29, 0.717) is 12.0 Å². The van der Waals surface area contributed by atoms with Gasteiger partial charge in [0.1, 0.15) is 5.75 Å². The van der Waals surface area contributed by atoms with E-state index in [1.165, 1.54) is 11.1 Å². The summed E-state index contributed by atoms with van der Waals surface area (Å²) in [7, 11) is 1.70. The summed E-state index contributed by atoms with van der Waals surface area (Å²) in [5, 5.41) is 3.77. The second kappa shape index (κ2) is 5.49. The summed E-state index contributed by atoms with van der Waals surface area (Å²) in [5.74, 6) is 1.40. The van der Waals surface area contributed by atoms with E-state index in [-0.39, 0.29) is 5.54 Å². The number of nitrogens with zero attached hydrogens (tertiary/aromatic N) is 1. The van der Waals surface area contributed by atoms with Crippen LogP contribution in [-0.4, -0.2) is 17.6 Å². The lowest BCUT2D eigenvalue weighted by Gasteiger charge is -2.27. The molecule has 3 rings (SSSR count). The summed E-state index contributed by atoms with van der Waals surface area (Å²) in [6, 6.07) is 13.0. The zero-order chi connectivity index (χ0) is 14.9. The van der Waals surface area contributed by atoms with Crippen molar-refractivity contribution in [2.75, 3.05) is 7.11 Å². The van der Waals surface area contributed by atoms with Gasteiger partial charge in [0.05, 0.1) is 7.11 Å². The fraction of sp³-hybridized carbons (Fsp3) is 0.389. The molecule has 1 aliphatic heterocycles. The molecule has 0 radical (unpaired) electrons. The van der Waals surface area contributed by atoms with Crippen molar-refractivity contribution in [3.63, 3.8) is 0 Å². The Labute approximate surface area is 126 Å². The first-order valence-corrected chi connectivity index (χ1v) is 7.42. The van der Waals surface area contributed by atoms with Crippen molar-refractivity contribution < 1.29 is 4.74 Å². The molecule has 0 spiro atoms. The van der Waals surface area contributed by atoms with E-state index >= 15 is 0 Å². The highest BCUT2D eigenvalue weighted by molar-refractivity contribution is 5.32. The van der Waals surface area contributed by atoms with Crippen LogP contribution >= 0.6 is 0 Å². The summed E-state index contributed by atoms with van der Waals surface area (Å²) in [6.07, 6.45) is 4.86. The van der Waals surface area contributed by atoms with Crippen LogP contribution in [-0.2, 0) is 0 Å². The summed E-state index contributed by atoms with van der Waals surface area (Å²) >= 11 is 0. The third-order valence-corrected chi connectivity index (χ3v) is 4.52. The Kier molecular flexibility index (Phi) is 3.68. The number of rotatable bonds is 3. The predicted molar refractivity (Wildman–Crippen MR) is 84.5 cm³/mol. The van der Waals surface area contributed by atoms with Crippen molar-refractivity contribution in [3.8, 4) is 5.75 Å². The maximum absolute atomic E-state index is 5.24. The van der Waals surface area contributed by atoms with Crippen molar-refractivity contribution in [2.45, 2.75) is 37.8 Å². The van der Waals surface area contributed by atoms with Gasteiger partial charge in [-0.25, -0.2) is 0 Å². The zero-order valence-electron chi connectivity index (χ0n) is 12.8. The molecule has 21 heavy (non-hydrogen) atoms. The molecule has 2 heterocycles. The average Bonchev–Trinajstić information content (AvgIpc) is 2.84. The van der Waals surface area contributed by atoms with Crippen LogP contribution in [0.15, 0.2) is 48.8 Å². The van der Waals surface area contributed by atoms with Gasteiger partial charge in [-0.2, -0.15) is 0 Å². The molecular weight excluding hydrogens is 260 g/mol. The molecule has 0 unspecified atom stereocenters. The van der Waals surface area contributed by atoms with Crippen LogP contribution in [0.1, 0.15) is 43.4 Å². The Morgan fingerprint density at radius 1 is 1.05 bits per heavy atom. The van der Waals surface area contributed by atoms with Crippen LogP contribution < -0.4 is 10.1 Å². The van der Waals surface area contributed by atoms with E-state index in [2.05, 4.69) is 48.4 Å². The Balaban J connectivity index is 1.84. The Hall–Kier alpha value is -1.87. The molecule has 2 aromatic rings. The number of hydrogen-bond acceptors (Lipinski definition) is 3. The van der Waals surface area contributed by atoms with E-state index in [1.807, 2.05) is 24.5 Å². The first-order valence-electron chi connectivity index (χ1n) is 7.42. The maximum atomic E-state index is 5.24. The molecule has 1 aromatic heterocycles. The van der Waals surface area contributed by atoms with Gasteiger partial charge < -0.3 is 10.1 Å². The predicted octanol–water partition coefficient (Wildman–Crippen LogP) is 3.69. The van der Waals surface area contributed by atoms with Crippen molar-refractivity contribution in [3.05, 3.63) is 59.9 Å². The van der Waals surface area contributed by atoms with Gasteiger partial charge in [0, 0.05) is 29.9 Å². The average molecular weight is 282 g/mol. The number of methoxy groups -OCH3 is 1. The standard InChI is InChI=1S/C18H22N2O/c1-18(2)16(13-8-10-19-11-9-13)12-17(20-18)14-4-6-15(21-3)7-5-14/h4-11,16-17,20H,12H2,1-3H3/t16-,17+/m0/s1. The SMILES string of the molecule is COc1ccc([C@H]2C[C@@H](c3ccncc3)C(C)(C)N2)cc1. The largest absolute Gasteiger partial charge is 0.497 e. The number of aromatic nitrogens is 1. The second-order valence-corrected chi connectivity index (χ2v) is 6.26. The minimum atomic E-state index is 0.0753. The smallest absolute Gasteiger partial charge is 0.118 e. The van der Waals surface area contributed by atoms with E-state index in [0.717, 1.165) is 12.2 Å². The van der Waals surface area contributed by atoms with Crippen LogP contribution in [0.25, 0.3) is 0 Å². The van der Waals surface area contributed by atoms with Crippen molar-refractivity contribution >= 4 is 0 Å². The molecule has 0 bridgehead atoms. The van der Waals surface area contributed by atoms with Crippen molar-refractivity contribution in [1.82, 2.24) is 10.3 Å². The molecule has 3 nitrogen and oxygen atoms in total. The number of nitrogens with one attached hydrogen (secondary N) is 1. The van der Waals surface area contributed by atoms with Gasteiger partial charge in [0.2, 0.25) is 0 Å². The zero-order valence-corrected chi connectivity index (χ0v) is 12.8. The van der Waals surface area contributed by atoms with Crippen molar-refractivity contribution in [1.29, 1.82) is 0 Å². The number of pyridine rings is 1. The molecule has 3 heteroatoms. The molecule has 1 aromatic carbocycles. The maximum Gasteiger partial charge on any atom is 0.118 e. The molecule has 1 saturated heterocycles. The van der Waals surface area contributed by atoms with E-state index in [1.54, 1.807) is 7.11 Å². The van der Waals surface area contributed by atoms with Crippen LogP contribution in [0.5, 0.6) is 5.75 Å². The molecule has 110 valence electrons. The number of hydrogen-bond donors (Lipinski definition) is 1. The molecule has 0 saturated carbocycles. The number of ether oxygens (including phenoxy) is 1. The van der Waals surface area contributed by atoms with Crippen molar-refractivity contribution in [2.24, 2.45) is 0 Å². The summed E-state index contributed by atoms with van der Waals surface area (Å²) in [6.45, 7) is 4.56. The van der Waals surface area contributed by atoms with E-state index < -0.39 is 0 Å². The molecule has 1 fully saturated rings. The molecule has 0 amide bonds. The lowest BCUT2D eigenvalue weighted by molar-refractivity contribution is 0.397. The highest BCUT2D eigenvalue weighted by atomic mass is 16.5. The minimum absolute atomic E-state index is 0.0753. The monoisotopic (exact) mass is 282 g/mol. The normalized spacial score (nSPS) is 24.0. The quantitative estimate of drug-likeness (QED) is 0.932. The third kappa shape index (κ3) is 2.79. The van der Waals surface area contributed by atoms with Gasteiger partial charge in [-0.15, -0.1) is 0 Å². The third-order valence-electron chi connectivity index (χ3n) is 4.52. The molecular formula is C18H22N2O. The van der Waals surface area contributed by atoms with Gasteiger partial charge in [-0.1, -0.05) is 12.1 Å². The Bertz CT molecular complexity index is 592.